The normalized spacial score (nSPS) is 12.4. The fourth-order valence-corrected chi connectivity index (χ4v) is 6.76. The van der Waals surface area contributed by atoms with E-state index in [4.69, 9.17) is 4.98 Å². The molecule has 1 aliphatic rings. The van der Waals surface area contributed by atoms with Gasteiger partial charge >= 0.3 is 0 Å². The third-order valence-electron chi connectivity index (χ3n) is 8.72. The molecule has 3 heteroatoms. The van der Waals surface area contributed by atoms with E-state index < -0.39 is 0 Å². The van der Waals surface area contributed by atoms with Gasteiger partial charge in [0.05, 0.1) is 22.4 Å². The SMILES string of the molecule is C1=CN(c2ccccc2)c2cccc3cc4c(c1c23)c1ccccc1n4-c1cc(-c2ccccc2)cc(-c2ccccc2)n1. The second-order valence-electron chi connectivity index (χ2n) is 11.3. The molecule has 0 spiro atoms. The molecule has 0 amide bonds. The number of benzene rings is 6. The molecule has 8 aromatic rings. The summed E-state index contributed by atoms with van der Waals surface area (Å²) in [5.74, 6) is 0.907. The van der Waals surface area contributed by atoms with Crippen molar-refractivity contribution in [3.63, 3.8) is 0 Å². The molecule has 3 heterocycles. The van der Waals surface area contributed by atoms with Gasteiger partial charge < -0.3 is 4.90 Å². The zero-order chi connectivity index (χ0) is 29.0. The Kier molecular flexibility index (Phi) is 5.50. The molecule has 0 saturated carbocycles. The third-order valence-corrected chi connectivity index (χ3v) is 8.72. The summed E-state index contributed by atoms with van der Waals surface area (Å²) in [6, 6.07) is 53.8. The molecule has 0 unspecified atom stereocenters. The van der Waals surface area contributed by atoms with Gasteiger partial charge in [-0.2, -0.15) is 0 Å². The molecule has 6 aromatic carbocycles. The van der Waals surface area contributed by atoms with Crippen LogP contribution in [0.25, 0.3) is 66.9 Å². The van der Waals surface area contributed by atoms with Crippen molar-refractivity contribution in [1.82, 2.24) is 9.55 Å². The third kappa shape index (κ3) is 3.80. The van der Waals surface area contributed by atoms with Crippen molar-refractivity contribution in [2.75, 3.05) is 4.90 Å². The Hall–Kier alpha value is -5.93. The monoisotopic (exact) mass is 561 g/mol. The molecular weight excluding hydrogens is 534 g/mol. The van der Waals surface area contributed by atoms with Gasteiger partial charge in [-0.1, -0.05) is 109 Å². The van der Waals surface area contributed by atoms with Crippen LogP contribution < -0.4 is 4.90 Å². The van der Waals surface area contributed by atoms with Gasteiger partial charge in [0.1, 0.15) is 5.82 Å². The average molecular weight is 562 g/mol. The Morgan fingerprint density at radius 1 is 0.500 bits per heavy atom. The highest BCUT2D eigenvalue weighted by Crippen LogP contribution is 2.45. The summed E-state index contributed by atoms with van der Waals surface area (Å²) in [6.45, 7) is 0. The van der Waals surface area contributed by atoms with Crippen LogP contribution in [0.2, 0.25) is 0 Å². The predicted molar refractivity (Wildman–Crippen MR) is 185 cm³/mol. The minimum atomic E-state index is 0.907. The molecule has 0 fully saturated rings. The first-order chi connectivity index (χ1) is 21.8. The number of para-hydroxylation sites is 2. The number of hydrogen-bond acceptors (Lipinski definition) is 2. The first kappa shape index (κ1) is 24.6. The lowest BCUT2D eigenvalue weighted by atomic mass is 9.94. The van der Waals surface area contributed by atoms with Crippen molar-refractivity contribution in [2.24, 2.45) is 0 Å². The molecule has 0 atom stereocenters. The Morgan fingerprint density at radius 3 is 2.00 bits per heavy atom. The Balaban J connectivity index is 1.36. The van der Waals surface area contributed by atoms with Gasteiger partial charge in [0.2, 0.25) is 0 Å². The maximum Gasteiger partial charge on any atom is 0.138 e. The summed E-state index contributed by atoms with van der Waals surface area (Å²) < 4.78 is 2.35. The van der Waals surface area contributed by atoms with Gasteiger partial charge in [-0.15, -0.1) is 0 Å². The first-order valence-electron chi connectivity index (χ1n) is 15.0. The number of rotatable bonds is 4. The number of pyridine rings is 1. The van der Waals surface area contributed by atoms with Crippen molar-refractivity contribution in [1.29, 1.82) is 0 Å². The highest BCUT2D eigenvalue weighted by molar-refractivity contribution is 6.22. The van der Waals surface area contributed by atoms with E-state index in [1.165, 1.54) is 38.4 Å². The average Bonchev–Trinajstić information content (AvgIpc) is 3.43. The smallest absolute Gasteiger partial charge is 0.138 e. The summed E-state index contributed by atoms with van der Waals surface area (Å²) in [4.78, 5) is 7.62. The van der Waals surface area contributed by atoms with E-state index in [1.54, 1.807) is 0 Å². The number of anilines is 2. The maximum atomic E-state index is 5.33. The maximum absolute atomic E-state index is 5.33. The number of fused-ring (bicyclic) bond motifs is 4. The zero-order valence-corrected chi connectivity index (χ0v) is 23.9. The second-order valence-corrected chi connectivity index (χ2v) is 11.3. The van der Waals surface area contributed by atoms with E-state index in [-0.39, 0.29) is 0 Å². The molecule has 3 nitrogen and oxygen atoms in total. The number of nitrogens with zero attached hydrogens (tertiary/aromatic N) is 3. The molecule has 0 saturated heterocycles. The fraction of sp³-hybridized carbons (Fsp3) is 0. The topological polar surface area (TPSA) is 21.1 Å². The van der Waals surface area contributed by atoms with Gasteiger partial charge in [-0.25, -0.2) is 4.98 Å². The van der Waals surface area contributed by atoms with E-state index in [2.05, 4.69) is 173 Å². The Bertz CT molecular complexity index is 2310. The van der Waals surface area contributed by atoms with Crippen molar-refractivity contribution < 1.29 is 0 Å². The van der Waals surface area contributed by atoms with Crippen LogP contribution in [0.15, 0.2) is 158 Å². The molecule has 0 aliphatic carbocycles. The molecule has 44 heavy (non-hydrogen) atoms. The molecule has 1 aliphatic heterocycles. The summed E-state index contributed by atoms with van der Waals surface area (Å²) in [6.07, 6.45) is 4.49. The van der Waals surface area contributed by atoms with E-state index in [9.17, 15) is 0 Å². The largest absolute Gasteiger partial charge is 0.317 e. The van der Waals surface area contributed by atoms with Crippen LogP contribution in [-0.2, 0) is 0 Å². The van der Waals surface area contributed by atoms with Crippen molar-refractivity contribution in [2.45, 2.75) is 0 Å². The van der Waals surface area contributed by atoms with Crippen molar-refractivity contribution in [3.05, 3.63) is 163 Å². The summed E-state index contributed by atoms with van der Waals surface area (Å²) >= 11 is 0. The second kappa shape index (κ2) is 9.82. The van der Waals surface area contributed by atoms with Crippen LogP contribution >= 0.6 is 0 Å². The summed E-state index contributed by atoms with van der Waals surface area (Å²) in [5, 5.41) is 4.95. The van der Waals surface area contributed by atoms with Gasteiger partial charge in [0.15, 0.2) is 0 Å². The lowest BCUT2D eigenvalue weighted by molar-refractivity contribution is 1.08. The molecule has 206 valence electrons. The molecule has 9 rings (SSSR count). The van der Waals surface area contributed by atoms with E-state index >= 15 is 0 Å². The van der Waals surface area contributed by atoms with E-state index in [0.29, 0.717) is 0 Å². The first-order valence-corrected chi connectivity index (χ1v) is 15.0. The van der Waals surface area contributed by atoms with Crippen LogP contribution in [0.5, 0.6) is 0 Å². The lowest BCUT2D eigenvalue weighted by Crippen LogP contribution is -2.11. The molecular formula is C41H27N3. The quantitative estimate of drug-likeness (QED) is 0.213. The minimum Gasteiger partial charge on any atom is -0.317 e. The summed E-state index contributed by atoms with van der Waals surface area (Å²) in [5.41, 5.74) is 10.3. The van der Waals surface area contributed by atoms with Gasteiger partial charge in [0, 0.05) is 33.6 Å². The van der Waals surface area contributed by atoms with Crippen molar-refractivity contribution in [3.8, 4) is 28.2 Å². The summed E-state index contributed by atoms with van der Waals surface area (Å²) in [7, 11) is 0. The van der Waals surface area contributed by atoms with Crippen LogP contribution in [0.3, 0.4) is 0 Å². The van der Waals surface area contributed by atoms with E-state index in [0.717, 1.165) is 39.4 Å². The minimum absolute atomic E-state index is 0.907. The molecule has 0 bridgehead atoms. The standard InChI is InChI=1S/C41H27N3/c1-4-13-28(14-5-1)31-25-35(29-15-6-2-7-16-29)42-39(27-31)44-36-21-11-10-20-33(36)41-34-23-24-43(32-18-8-3-9-19-32)37-22-12-17-30(40(34)37)26-38(41)44/h1-27H. The van der Waals surface area contributed by atoms with Crippen LogP contribution in [0.4, 0.5) is 11.4 Å². The molecule has 0 N–H and O–H groups in total. The van der Waals surface area contributed by atoms with E-state index in [1.807, 2.05) is 0 Å². The zero-order valence-electron chi connectivity index (χ0n) is 23.9. The van der Waals surface area contributed by atoms with Crippen LogP contribution in [0, 0.1) is 0 Å². The van der Waals surface area contributed by atoms with Crippen molar-refractivity contribution >= 4 is 50.0 Å². The number of hydrogen-bond donors (Lipinski definition) is 0. The molecule has 0 radical (unpaired) electrons. The number of aromatic nitrogens is 2. The Morgan fingerprint density at radius 2 is 1.20 bits per heavy atom. The van der Waals surface area contributed by atoms with Gasteiger partial charge in [-0.05, 0) is 70.6 Å². The predicted octanol–water partition coefficient (Wildman–Crippen LogP) is 10.8. The van der Waals surface area contributed by atoms with Gasteiger partial charge in [0.25, 0.3) is 0 Å². The van der Waals surface area contributed by atoms with Crippen LogP contribution in [0.1, 0.15) is 5.56 Å². The van der Waals surface area contributed by atoms with Gasteiger partial charge in [-0.3, -0.25) is 4.57 Å². The van der Waals surface area contributed by atoms with Crippen LogP contribution in [-0.4, -0.2) is 9.55 Å². The lowest BCUT2D eigenvalue weighted by Gasteiger charge is -2.27. The Labute approximate surface area is 255 Å². The molecule has 2 aromatic heterocycles. The fourth-order valence-electron chi connectivity index (χ4n) is 6.76. The highest BCUT2D eigenvalue weighted by Gasteiger charge is 2.23. The highest BCUT2D eigenvalue weighted by atomic mass is 15.1.